The topological polar surface area (TPSA) is 62.8 Å². The number of urea groups is 1. The second-order valence-electron chi connectivity index (χ2n) is 6.53. The number of nitrogens with one attached hydrogen (secondary N) is 2. The van der Waals surface area contributed by atoms with Crippen LogP contribution in [0.15, 0.2) is 16.6 Å². The highest BCUT2D eigenvalue weighted by molar-refractivity contribution is 9.10. The number of hydrogen-bond donors (Lipinski definition) is 2. The Morgan fingerprint density at radius 1 is 1.15 bits per heavy atom. The first-order chi connectivity index (χ1) is 12.4. The van der Waals surface area contributed by atoms with E-state index in [2.05, 4.69) is 59.2 Å². The Morgan fingerprint density at radius 2 is 1.73 bits per heavy atom. The van der Waals surface area contributed by atoms with Crippen LogP contribution in [0.1, 0.15) is 34.1 Å². The summed E-state index contributed by atoms with van der Waals surface area (Å²) in [5.74, 6) is 1.74. The van der Waals surface area contributed by atoms with Crippen molar-refractivity contribution in [1.82, 2.24) is 10.2 Å². The Hall–Kier alpha value is -1.47. The van der Waals surface area contributed by atoms with Gasteiger partial charge < -0.3 is 20.1 Å². The van der Waals surface area contributed by atoms with Crippen molar-refractivity contribution in [3.05, 3.63) is 16.6 Å². The molecule has 0 aliphatic rings. The van der Waals surface area contributed by atoms with Crippen LogP contribution in [-0.2, 0) is 0 Å². The maximum Gasteiger partial charge on any atom is 0.319 e. The summed E-state index contributed by atoms with van der Waals surface area (Å²) >= 11 is 3.45. The number of nitrogens with zero attached hydrogens (tertiary/aromatic N) is 1. The molecule has 1 rings (SSSR count). The monoisotopic (exact) mass is 429 g/mol. The SMILES string of the molecule is CCN(CC)C(CNC(=O)Nc1cc(OC)c(OC)cc1Br)CC(C)C. The van der Waals surface area contributed by atoms with E-state index in [1.807, 2.05) is 0 Å². The first-order valence-electron chi connectivity index (χ1n) is 9.06. The van der Waals surface area contributed by atoms with Gasteiger partial charge in [0, 0.05) is 29.2 Å². The molecule has 0 saturated carbocycles. The first-order valence-corrected chi connectivity index (χ1v) is 9.85. The van der Waals surface area contributed by atoms with Gasteiger partial charge in [-0.1, -0.05) is 27.7 Å². The molecule has 0 heterocycles. The number of benzene rings is 1. The van der Waals surface area contributed by atoms with Crippen molar-refractivity contribution in [3.63, 3.8) is 0 Å². The molecule has 0 aliphatic carbocycles. The molecule has 0 radical (unpaired) electrons. The number of carbonyl (C=O) groups excluding carboxylic acids is 1. The van der Waals surface area contributed by atoms with E-state index >= 15 is 0 Å². The van der Waals surface area contributed by atoms with Crippen LogP contribution in [0.2, 0.25) is 0 Å². The second-order valence-corrected chi connectivity index (χ2v) is 7.38. The van der Waals surface area contributed by atoms with Gasteiger partial charge >= 0.3 is 6.03 Å². The van der Waals surface area contributed by atoms with E-state index in [1.54, 1.807) is 26.4 Å². The molecule has 6 nitrogen and oxygen atoms in total. The molecular formula is C19H32BrN3O3. The van der Waals surface area contributed by atoms with Crippen molar-refractivity contribution in [2.75, 3.05) is 39.2 Å². The molecule has 0 fully saturated rings. The number of ether oxygens (including phenoxy) is 2. The average Bonchev–Trinajstić information content (AvgIpc) is 2.61. The third-order valence-corrected chi connectivity index (χ3v) is 4.95. The molecule has 2 amide bonds. The summed E-state index contributed by atoms with van der Waals surface area (Å²) in [7, 11) is 3.14. The maximum absolute atomic E-state index is 12.4. The summed E-state index contributed by atoms with van der Waals surface area (Å²) in [6, 6.07) is 3.59. The number of likely N-dealkylation sites (N-methyl/N-ethyl adjacent to an activating group) is 1. The lowest BCUT2D eigenvalue weighted by molar-refractivity contribution is 0.186. The van der Waals surface area contributed by atoms with Crippen LogP contribution in [0, 0.1) is 5.92 Å². The van der Waals surface area contributed by atoms with Crippen LogP contribution in [-0.4, -0.2) is 50.8 Å². The van der Waals surface area contributed by atoms with E-state index in [1.165, 1.54) is 0 Å². The molecule has 0 aliphatic heterocycles. The predicted molar refractivity (Wildman–Crippen MR) is 110 cm³/mol. The van der Waals surface area contributed by atoms with E-state index in [-0.39, 0.29) is 6.03 Å². The molecule has 148 valence electrons. The molecule has 0 saturated heterocycles. The third-order valence-electron chi connectivity index (χ3n) is 4.29. The number of halogens is 1. The zero-order valence-electron chi connectivity index (χ0n) is 16.7. The van der Waals surface area contributed by atoms with Crippen LogP contribution in [0.4, 0.5) is 10.5 Å². The number of methoxy groups -OCH3 is 2. The molecule has 1 atom stereocenters. The zero-order chi connectivity index (χ0) is 19.7. The Labute approximate surface area is 165 Å². The summed E-state index contributed by atoms with van der Waals surface area (Å²) in [5, 5.41) is 5.86. The molecule has 7 heteroatoms. The van der Waals surface area contributed by atoms with Crippen molar-refractivity contribution < 1.29 is 14.3 Å². The molecular weight excluding hydrogens is 398 g/mol. The average molecular weight is 430 g/mol. The van der Waals surface area contributed by atoms with Crippen molar-refractivity contribution in [3.8, 4) is 11.5 Å². The summed E-state index contributed by atoms with van der Waals surface area (Å²) in [6.45, 7) is 11.3. The van der Waals surface area contributed by atoms with Gasteiger partial charge in [0.2, 0.25) is 0 Å². The minimum Gasteiger partial charge on any atom is -0.493 e. The smallest absolute Gasteiger partial charge is 0.319 e. The van der Waals surface area contributed by atoms with Crippen LogP contribution in [0.5, 0.6) is 11.5 Å². The Balaban J connectivity index is 2.75. The first kappa shape index (κ1) is 22.6. The molecule has 1 aromatic carbocycles. The van der Waals surface area contributed by atoms with Gasteiger partial charge in [0.25, 0.3) is 0 Å². The summed E-state index contributed by atoms with van der Waals surface area (Å²) in [6.07, 6.45) is 1.04. The van der Waals surface area contributed by atoms with Crippen molar-refractivity contribution in [1.29, 1.82) is 0 Å². The van der Waals surface area contributed by atoms with Gasteiger partial charge in [-0.15, -0.1) is 0 Å². The number of rotatable bonds is 10. The lowest BCUT2D eigenvalue weighted by atomic mass is 10.0. The minimum atomic E-state index is -0.237. The van der Waals surface area contributed by atoms with Crippen LogP contribution in [0.3, 0.4) is 0 Å². The Bertz CT molecular complexity index is 577. The predicted octanol–water partition coefficient (Wildman–Crippen LogP) is 4.34. The van der Waals surface area contributed by atoms with Gasteiger partial charge in [-0.2, -0.15) is 0 Å². The van der Waals surface area contributed by atoms with E-state index in [4.69, 9.17) is 9.47 Å². The fraction of sp³-hybridized carbons (Fsp3) is 0.632. The van der Waals surface area contributed by atoms with Gasteiger partial charge in [0.1, 0.15) is 0 Å². The number of amides is 2. The summed E-state index contributed by atoms with van der Waals surface area (Å²) in [4.78, 5) is 14.8. The highest BCUT2D eigenvalue weighted by atomic mass is 79.9. The fourth-order valence-corrected chi connectivity index (χ4v) is 3.39. The molecule has 26 heavy (non-hydrogen) atoms. The lowest BCUT2D eigenvalue weighted by Gasteiger charge is -2.31. The van der Waals surface area contributed by atoms with Crippen LogP contribution >= 0.6 is 15.9 Å². The second kappa shape index (κ2) is 11.3. The van der Waals surface area contributed by atoms with Gasteiger partial charge in [-0.05, 0) is 41.4 Å². The zero-order valence-corrected chi connectivity index (χ0v) is 18.3. The fourth-order valence-electron chi connectivity index (χ4n) is 2.97. The molecule has 0 spiro atoms. The van der Waals surface area contributed by atoms with Crippen molar-refractivity contribution in [2.24, 2.45) is 5.92 Å². The molecule has 2 N–H and O–H groups in total. The molecule has 1 aromatic rings. The molecule has 0 bridgehead atoms. The van der Waals surface area contributed by atoms with Crippen molar-refractivity contribution in [2.45, 2.75) is 40.2 Å². The van der Waals surface area contributed by atoms with E-state index in [0.717, 1.165) is 24.0 Å². The van der Waals surface area contributed by atoms with E-state index in [9.17, 15) is 4.79 Å². The van der Waals surface area contributed by atoms with Gasteiger partial charge in [-0.3, -0.25) is 4.90 Å². The lowest BCUT2D eigenvalue weighted by Crippen LogP contribution is -2.45. The summed E-state index contributed by atoms with van der Waals surface area (Å²) in [5.41, 5.74) is 0.628. The third kappa shape index (κ3) is 6.68. The van der Waals surface area contributed by atoms with Gasteiger partial charge in [0.05, 0.1) is 19.9 Å². The number of hydrogen-bond acceptors (Lipinski definition) is 4. The summed E-state index contributed by atoms with van der Waals surface area (Å²) < 4.78 is 11.3. The van der Waals surface area contributed by atoms with Crippen LogP contribution in [0.25, 0.3) is 0 Å². The largest absolute Gasteiger partial charge is 0.493 e. The van der Waals surface area contributed by atoms with E-state index < -0.39 is 0 Å². The minimum absolute atomic E-state index is 0.237. The Morgan fingerprint density at radius 3 is 2.23 bits per heavy atom. The van der Waals surface area contributed by atoms with Gasteiger partial charge in [0.15, 0.2) is 11.5 Å². The normalized spacial score (nSPS) is 12.2. The Kier molecular flexibility index (Phi) is 9.80. The quantitative estimate of drug-likeness (QED) is 0.580. The van der Waals surface area contributed by atoms with Crippen molar-refractivity contribution >= 4 is 27.6 Å². The number of carbonyl (C=O) groups is 1. The standard InChI is InChI=1S/C19H32BrN3O3/c1-7-23(8-2)14(9-13(3)4)12-21-19(24)22-16-11-18(26-6)17(25-5)10-15(16)20/h10-11,13-14H,7-9,12H2,1-6H3,(H2,21,22,24). The highest BCUT2D eigenvalue weighted by Crippen LogP contribution is 2.36. The maximum atomic E-state index is 12.4. The van der Waals surface area contributed by atoms with E-state index in [0.29, 0.717) is 35.7 Å². The highest BCUT2D eigenvalue weighted by Gasteiger charge is 2.18. The number of anilines is 1. The van der Waals surface area contributed by atoms with Crippen LogP contribution < -0.4 is 20.1 Å². The van der Waals surface area contributed by atoms with Gasteiger partial charge in [-0.25, -0.2) is 4.79 Å². The molecule has 1 unspecified atom stereocenters. The molecule has 0 aromatic heterocycles.